The number of carbonyl (C=O) groups excluding carboxylic acids is 1. The Hall–Kier alpha value is -3.53. The number of benzene rings is 2. The van der Waals surface area contributed by atoms with Crippen molar-refractivity contribution in [2.75, 3.05) is 25.1 Å². The Kier molecular flexibility index (Phi) is 10.2. The van der Waals surface area contributed by atoms with Gasteiger partial charge in [0.1, 0.15) is 12.6 Å². The molecule has 0 saturated carbocycles. The monoisotopic (exact) mass is 463 g/mol. The van der Waals surface area contributed by atoms with Crippen molar-refractivity contribution in [3.63, 3.8) is 0 Å². The number of anilines is 1. The van der Waals surface area contributed by atoms with E-state index in [2.05, 4.69) is 10.5 Å². The fraction of sp³-hybridized carbons (Fsp3) is 0.391. The second-order valence-corrected chi connectivity index (χ2v) is 7.06. The summed E-state index contributed by atoms with van der Waals surface area (Å²) in [6.45, 7) is 3.76. The highest BCUT2D eigenvalue weighted by Gasteiger charge is 2.23. The van der Waals surface area contributed by atoms with Crippen LogP contribution in [0.2, 0.25) is 0 Å². The smallest absolute Gasteiger partial charge is 0.334 e. The van der Waals surface area contributed by atoms with Crippen LogP contribution < -0.4 is 25.3 Å². The van der Waals surface area contributed by atoms with E-state index in [0.29, 0.717) is 17.7 Å². The Bertz CT molecular complexity index is 937. The van der Waals surface area contributed by atoms with Crippen molar-refractivity contribution in [3.8, 4) is 17.2 Å². The summed E-state index contributed by atoms with van der Waals surface area (Å²) in [7, 11) is 0. The van der Waals surface area contributed by atoms with Gasteiger partial charge in [-0.15, -0.1) is 0 Å². The molecule has 5 N–H and O–H groups in total. The number of unbranched alkanes of at least 4 members (excludes halogenated alkanes) is 1. The minimum atomic E-state index is -0.794. The van der Waals surface area contributed by atoms with Crippen molar-refractivity contribution < 1.29 is 33.7 Å². The fourth-order valence-electron chi connectivity index (χ4n) is 2.96. The van der Waals surface area contributed by atoms with E-state index in [4.69, 9.17) is 30.3 Å². The van der Waals surface area contributed by atoms with Gasteiger partial charge in [-0.05, 0) is 37.6 Å². The summed E-state index contributed by atoms with van der Waals surface area (Å²) in [5.41, 5.74) is 6.70. The predicted molar refractivity (Wildman–Crippen MR) is 122 cm³/mol. The zero-order valence-electron chi connectivity index (χ0n) is 18.7. The molecule has 0 aromatic heterocycles. The van der Waals surface area contributed by atoms with Crippen LogP contribution in [0.5, 0.6) is 17.2 Å². The molecular weight excluding hydrogens is 433 g/mol. The van der Waals surface area contributed by atoms with E-state index in [-0.39, 0.29) is 42.9 Å². The number of nitrogens with zero attached hydrogens (tertiary/aromatic N) is 1. The zero-order chi connectivity index (χ0) is 24.2. The maximum atomic E-state index is 14.6. The summed E-state index contributed by atoms with van der Waals surface area (Å²) in [5, 5.41) is 23.8. The molecule has 0 heterocycles. The average Bonchev–Trinajstić information content (AvgIpc) is 2.82. The first kappa shape index (κ1) is 25.7. The Morgan fingerprint density at radius 3 is 2.45 bits per heavy atom. The van der Waals surface area contributed by atoms with E-state index in [9.17, 15) is 9.18 Å². The number of esters is 1. The molecule has 0 amide bonds. The van der Waals surface area contributed by atoms with Crippen LogP contribution in [0.15, 0.2) is 41.6 Å². The van der Waals surface area contributed by atoms with Gasteiger partial charge >= 0.3 is 5.97 Å². The predicted octanol–water partition coefficient (Wildman–Crippen LogP) is 3.27. The van der Waals surface area contributed by atoms with Gasteiger partial charge in [0.15, 0.2) is 28.9 Å². The van der Waals surface area contributed by atoms with Gasteiger partial charge < -0.3 is 35.6 Å². The number of oxime groups is 1. The van der Waals surface area contributed by atoms with Crippen LogP contribution in [0.3, 0.4) is 0 Å². The van der Waals surface area contributed by atoms with Gasteiger partial charge in [0.2, 0.25) is 0 Å². The number of hydrogen-bond donors (Lipinski definition) is 4. The number of aliphatic hydroxyl groups is 1. The molecule has 1 atom stereocenters. The number of nitrogens with one attached hydrogen (secondary N) is 1. The minimum absolute atomic E-state index is 0.0315. The Balaban J connectivity index is 2.21. The van der Waals surface area contributed by atoms with Crippen molar-refractivity contribution in [3.05, 3.63) is 47.8 Å². The molecule has 0 aliphatic carbocycles. The third-order valence-corrected chi connectivity index (χ3v) is 4.62. The van der Waals surface area contributed by atoms with E-state index in [1.165, 1.54) is 6.07 Å². The summed E-state index contributed by atoms with van der Waals surface area (Å²) in [6, 6.07) is 8.22. The Labute approximate surface area is 191 Å². The van der Waals surface area contributed by atoms with Crippen LogP contribution in [0.1, 0.15) is 38.7 Å². The third kappa shape index (κ3) is 7.53. The number of amidine groups is 1. The van der Waals surface area contributed by atoms with E-state index in [0.717, 1.165) is 18.9 Å². The molecule has 9 nitrogen and oxygen atoms in total. The summed E-state index contributed by atoms with van der Waals surface area (Å²) in [5.74, 6) is -1.46. The Morgan fingerprint density at radius 1 is 1.15 bits per heavy atom. The van der Waals surface area contributed by atoms with Gasteiger partial charge in [0.05, 0.1) is 13.2 Å². The van der Waals surface area contributed by atoms with Gasteiger partial charge in [0, 0.05) is 23.4 Å². The van der Waals surface area contributed by atoms with Gasteiger partial charge in [-0.25, -0.2) is 9.18 Å². The number of ether oxygens (including phenoxy) is 3. The first-order valence-electron chi connectivity index (χ1n) is 10.7. The molecule has 0 aliphatic rings. The number of hydrogen-bond acceptors (Lipinski definition) is 8. The standard InChI is InChI=1S/C23H30FN3O6/c1-3-5-6-18(26-16-9-7-15(8-10-16)22(25)27-30)23(29)33-19-14-21(31-4-2)20(13-17(19)24)32-12-11-28/h7-10,13-14,18,26,28,30H,3-6,11-12H2,1-2H3,(H2,25,27). The molecule has 0 fully saturated rings. The van der Waals surface area contributed by atoms with Crippen molar-refractivity contribution in [2.24, 2.45) is 10.9 Å². The molecule has 2 aromatic rings. The van der Waals surface area contributed by atoms with Crippen molar-refractivity contribution in [2.45, 2.75) is 39.2 Å². The van der Waals surface area contributed by atoms with Crippen molar-refractivity contribution in [1.29, 1.82) is 0 Å². The lowest BCUT2D eigenvalue weighted by atomic mass is 10.1. The van der Waals surface area contributed by atoms with Crippen LogP contribution in [0.25, 0.3) is 0 Å². The van der Waals surface area contributed by atoms with Crippen LogP contribution in [0.4, 0.5) is 10.1 Å². The molecule has 10 heteroatoms. The molecule has 0 radical (unpaired) electrons. The largest absolute Gasteiger partial charge is 0.490 e. The van der Waals surface area contributed by atoms with Crippen molar-refractivity contribution >= 4 is 17.5 Å². The van der Waals surface area contributed by atoms with E-state index in [1.807, 2.05) is 6.92 Å². The van der Waals surface area contributed by atoms with Crippen LogP contribution in [0, 0.1) is 5.82 Å². The highest BCUT2D eigenvalue weighted by atomic mass is 19.1. The lowest BCUT2D eigenvalue weighted by Crippen LogP contribution is -2.33. The lowest BCUT2D eigenvalue weighted by Gasteiger charge is -2.19. The zero-order valence-corrected chi connectivity index (χ0v) is 18.7. The molecule has 0 spiro atoms. The number of carbonyl (C=O) groups is 1. The molecule has 0 saturated heterocycles. The molecule has 0 aliphatic heterocycles. The number of rotatable bonds is 13. The van der Waals surface area contributed by atoms with Gasteiger partial charge in [-0.1, -0.05) is 24.9 Å². The summed E-state index contributed by atoms with van der Waals surface area (Å²) in [6.07, 6.45) is 2.07. The van der Waals surface area contributed by atoms with Gasteiger partial charge in [0.25, 0.3) is 0 Å². The van der Waals surface area contributed by atoms with Crippen LogP contribution in [-0.2, 0) is 4.79 Å². The second-order valence-electron chi connectivity index (χ2n) is 7.06. The lowest BCUT2D eigenvalue weighted by molar-refractivity contribution is -0.135. The topological polar surface area (TPSA) is 136 Å². The maximum absolute atomic E-state index is 14.6. The first-order chi connectivity index (χ1) is 15.9. The highest BCUT2D eigenvalue weighted by Crippen LogP contribution is 2.34. The summed E-state index contributed by atoms with van der Waals surface area (Å²) >= 11 is 0. The third-order valence-electron chi connectivity index (χ3n) is 4.62. The number of halogens is 1. The second kappa shape index (κ2) is 13.1. The van der Waals surface area contributed by atoms with Gasteiger partial charge in [-0.3, -0.25) is 0 Å². The normalized spacial score (nSPS) is 12.2. The minimum Gasteiger partial charge on any atom is -0.490 e. The summed E-state index contributed by atoms with van der Waals surface area (Å²) < 4.78 is 30.7. The highest BCUT2D eigenvalue weighted by molar-refractivity contribution is 5.97. The maximum Gasteiger partial charge on any atom is 0.334 e. The molecule has 180 valence electrons. The first-order valence-corrected chi connectivity index (χ1v) is 10.7. The van der Waals surface area contributed by atoms with E-state index in [1.54, 1.807) is 31.2 Å². The van der Waals surface area contributed by atoms with Crippen molar-refractivity contribution in [1.82, 2.24) is 0 Å². The molecule has 1 unspecified atom stereocenters. The quantitative estimate of drug-likeness (QED) is 0.0888. The molecule has 0 bridgehead atoms. The van der Waals surface area contributed by atoms with Gasteiger partial charge in [-0.2, -0.15) is 0 Å². The Morgan fingerprint density at radius 2 is 1.85 bits per heavy atom. The SMILES string of the molecule is CCCCC(Nc1ccc(C(N)=NO)cc1)C(=O)Oc1cc(OCC)c(OCCO)cc1F. The fourth-order valence-corrected chi connectivity index (χ4v) is 2.96. The van der Waals surface area contributed by atoms with Crippen LogP contribution in [-0.4, -0.2) is 48.0 Å². The number of nitrogens with two attached hydrogens (primary N) is 1. The number of aliphatic hydroxyl groups excluding tert-OH is 1. The molecule has 33 heavy (non-hydrogen) atoms. The molecule has 2 rings (SSSR count). The van der Waals surface area contributed by atoms with Crippen LogP contribution >= 0.6 is 0 Å². The average molecular weight is 464 g/mol. The van der Waals surface area contributed by atoms with E-state index < -0.39 is 17.8 Å². The van der Waals surface area contributed by atoms with E-state index >= 15 is 0 Å². The summed E-state index contributed by atoms with van der Waals surface area (Å²) in [4.78, 5) is 12.9. The molecule has 2 aromatic carbocycles. The molecular formula is C23H30FN3O6.